The third kappa shape index (κ3) is 5.33. The Bertz CT molecular complexity index is 926. The van der Waals surface area contributed by atoms with Crippen molar-refractivity contribution < 1.29 is 27.4 Å². The average molecular weight is 387 g/mol. The van der Waals surface area contributed by atoms with Gasteiger partial charge in [-0.05, 0) is 29.8 Å². The van der Waals surface area contributed by atoms with E-state index in [9.17, 15) is 18.0 Å². The van der Waals surface area contributed by atoms with Crippen LogP contribution in [0.3, 0.4) is 0 Å². The molecule has 0 aliphatic carbocycles. The first kappa shape index (κ1) is 19.4. The van der Waals surface area contributed by atoms with E-state index in [0.29, 0.717) is 35.5 Å². The SMILES string of the molecule is O=Cc1ccc(OCC(F)(F)F)c(-c2ccc(OCc3ccccc3)nc2)c1. The van der Waals surface area contributed by atoms with Crippen LogP contribution in [0.15, 0.2) is 66.9 Å². The van der Waals surface area contributed by atoms with E-state index in [1.165, 1.54) is 24.4 Å². The summed E-state index contributed by atoms with van der Waals surface area (Å²) in [4.78, 5) is 15.2. The molecule has 0 bridgehead atoms. The van der Waals surface area contributed by atoms with Crippen molar-refractivity contribution in [1.82, 2.24) is 4.98 Å². The van der Waals surface area contributed by atoms with E-state index in [1.807, 2.05) is 30.3 Å². The van der Waals surface area contributed by atoms with Gasteiger partial charge in [-0.2, -0.15) is 13.2 Å². The Labute approximate surface area is 159 Å². The number of carbonyl (C=O) groups is 1. The predicted octanol–water partition coefficient (Wildman–Crippen LogP) is 5.08. The molecule has 0 amide bonds. The molecule has 0 aliphatic rings. The highest BCUT2D eigenvalue weighted by atomic mass is 19.4. The fourth-order valence-corrected chi connectivity index (χ4v) is 2.49. The lowest BCUT2D eigenvalue weighted by atomic mass is 10.0. The molecule has 7 heteroatoms. The van der Waals surface area contributed by atoms with Crippen LogP contribution < -0.4 is 9.47 Å². The molecule has 0 fully saturated rings. The Hall–Kier alpha value is -3.35. The number of hydrogen-bond acceptors (Lipinski definition) is 4. The molecule has 3 aromatic rings. The molecule has 144 valence electrons. The summed E-state index contributed by atoms with van der Waals surface area (Å²) in [6.07, 6.45) is -2.39. The van der Waals surface area contributed by atoms with Crippen LogP contribution in [0.25, 0.3) is 11.1 Å². The average Bonchev–Trinajstić information content (AvgIpc) is 2.71. The van der Waals surface area contributed by atoms with Gasteiger partial charge in [0.25, 0.3) is 0 Å². The molecule has 0 N–H and O–H groups in total. The van der Waals surface area contributed by atoms with Gasteiger partial charge in [0.05, 0.1) is 0 Å². The minimum absolute atomic E-state index is 0.0164. The molecule has 0 unspecified atom stereocenters. The molecule has 0 radical (unpaired) electrons. The van der Waals surface area contributed by atoms with Gasteiger partial charge in [-0.1, -0.05) is 30.3 Å². The minimum Gasteiger partial charge on any atom is -0.483 e. The van der Waals surface area contributed by atoms with E-state index in [1.54, 1.807) is 12.1 Å². The number of rotatable bonds is 7. The molecule has 0 spiro atoms. The molecule has 0 saturated carbocycles. The van der Waals surface area contributed by atoms with Gasteiger partial charge in [0.15, 0.2) is 6.61 Å². The zero-order valence-corrected chi connectivity index (χ0v) is 14.6. The Morgan fingerprint density at radius 2 is 1.75 bits per heavy atom. The number of aldehydes is 1. The van der Waals surface area contributed by atoms with Crippen LogP contribution in [0, 0.1) is 0 Å². The van der Waals surface area contributed by atoms with Crippen molar-refractivity contribution in [3.05, 3.63) is 78.0 Å². The maximum atomic E-state index is 12.5. The van der Waals surface area contributed by atoms with Gasteiger partial charge in [0.2, 0.25) is 5.88 Å². The molecule has 1 heterocycles. The second-order valence-corrected chi connectivity index (χ2v) is 5.94. The maximum absolute atomic E-state index is 12.5. The zero-order valence-electron chi connectivity index (χ0n) is 14.6. The molecule has 0 atom stereocenters. The first-order chi connectivity index (χ1) is 13.4. The number of benzene rings is 2. The standard InChI is InChI=1S/C21H16F3NO3/c22-21(23,24)14-28-19-8-6-16(12-26)10-18(19)17-7-9-20(25-11-17)27-13-15-4-2-1-3-5-15/h1-12H,13-14H2. The van der Waals surface area contributed by atoms with Crippen LogP contribution in [0.2, 0.25) is 0 Å². The zero-order chi connectivity index (χ0) is 20.0. The highest BCUT2D eigenvalue weighted by Crippen LogP contribution is 2.32. The maximum Gasteiger partial charge on any atom is 0.422 e. The Morgan fingerprint density at radius 3 is 2.39 bits per heavy atom. The number of carbonyl (C=O) groups excluding carboxylic acids is 1. The Morgan fingerprint density at radius 1 is 0.964 bits per heavy atom. The number of halogens is 3. The van der Waals surface area contributed by atoms with Gasteiger partial charge in [0.1, 0.15) is 18.6 Å². The summed E-state index contributed by atoms with van der Waals surface area (Å²) in [5.41, 5.74) is 2.15. The van der Waals surface area contributed by atoms with E-state index in [-0.39, 0.29) is 5.75 Å². The first-order valence-electron chi connectivity index (χ1n) is 8.36. The summed E-state index contributed by atoms with van der Waals surface area (Å²) in [7, 11) is 0. The first-order valence-corrected chi connectivity index (χ1v) is 8.36. The lowest BCUT2D eigenvalue weighted by Crippen LogP contribution is -2.19. The van der Waals surface area contributed by atoms with Crippen LogP contribution in [-0.4, -0.2) is 24.1 Å². The minimum atomic E-state index is -4.46. The van der Waals surface area contributed by atoms with Gasteiger partial charge < -0.3 is 9.47 Å². The van der Waals surface area contributed by atoms with Gasteiger partial charge >= 0.3 is 6.18 Å². The van der Waals surface area contributed by atoms with Crippen molar-refractivity contribution >= 4 is 6.29 Å². The highest BCUT2D eigenvalue weighted by molar-refractivity contribution is 5.81. The largest absolute Gasteiger partial charge is 0.483 e. The molecule has 2 aromatic carbocycles. The van der Waals surface area contributed by atoms with Crippen LogP contribution in [0.1, 0.15) is 15.9 Å². The second kappa shape index (κ2) is 8.56. The summed E-state index contributed by atoms with van der Waals surface area (Å²) in [5.74, 6) is 0.389. The third-order valence-electron chi connectivity index (χ3n) is 3.81. The van der Waals surface area contributed by atoms with Crippen molar-refractivity contribution in [1.29, 1.82) is 0 Å². The fraction of sp³-hybridized carbons (Fsp3) is 0.143. The summed E-state index contributed by atoms with van der Waals surface area (Å²) in [6, 6.07) is 17.0. The smallest absolute Gasteiger partial charge is 0.422 e. The number of alkyl halides is 3. The summed E-state index contributed by atoms with van der Waals surface area (Å²) < 4.78 is 48.0. The number of pyridine rings is 1. The monoisotopic (exact) mass is 387 g/mol. The van der Waals surface area contributed by atoms with Gasteiger partial charge in [-0.25, -0.2) is 4.98 Å². The number of ether oxygens (including phenoxy) is 2. The van der Waals surface area contributed by atoms with Crippen LogP contribution in [-0.2, 0) is 6.61 Å². The van der Waals surface area contributed by atoms with Crippen LogP contribution in [0.5, 0.6) is 11.6 Å². The fourth-order valence-electron chi connectivity index (χ4n) is 2.49. The third-order valence-corrected chi connectivity index (χ3v) is 3.81. The van der Waals surface area contributed by atoms with Crippen molar-refractivity contribution in [2.45, 2.75) is 12.8 Å². The van der Waals surface area contributed by atoms with Crippen molar-refractivity contribution in [3.63, 3.8) is 0 Å². The van der Waals surface area contributed by atoms with Gasteiger partial charge in [-0.3, -0.25) is 4.79 Å². The van der Waals surface area contributed by atoms with E-state index < -0.39 is 12.8 Å². The van der Waals surface area contributed by atoms with E-state index >= 15 is 0 Å². The summed E-state index contributed by atoms with van der Waals surface area (Å²) in [5, 5.41) is 0. The summed E-state index contributed by atoms with van der Waals surface area (Å²) in [6.45, 7) is -1.08. The highest BCUT2D eigenvalue weighted by Gasteiger charge is 2.29. The van der Waals surface area contributed by atoms with Crippen molar-refractivity contribution in [2.24, 2.45) is 0 Å². The van der Waals surface area contributed by atoms with E-state index in [2.05, 4.69) is 4.98 Å². The molecule has 4 nitrogen and oxygen atoms in total. The van der Waals surface area contributed by atoms with Gasteiger partial charge in [-0.15, -0.1) is 0 Å². The van der Waals surface area contributed by atoms with E-state index in [0.717, 1.165) is 5.56 Å². The molecule has 3 rings (SSSR count). The molecule has 1 aromatic heterocycles. The number of aromatic nitrogens is 1. The van der Waals surface area contributed by atoms with Crippen LogP contribution >= 0.6 is 0 Å². The molecule has 0 saturated heterocycles. The molecule has 28 heavy (non-hydrogen) atoms. The van der Waals surface area contributed by atoms with E-state index in [4.69, 9.17) is 9.47 Å². The van der Waals surface area contributed by atoms with Gasteiger partial charge in [0, 0.05) is 29.0 Å². The number of hydrogen-bond donors (Lipinski definition) is 0. The Balaban J connectivity index is 1.78. The quantitative estimate of drug-likeness (QED) is 0.531. The lowest BCUT2D eigenvalue weighted by molar-refractivity contribution is -0.153. The van der Waals surface area contributed by atoms with Crippen LogP contribution in [0.4, 0.5) is 13.2 Å². The van der Waals surface area contributed by atoms with Crippen molar-refractivity contribution in [3.8, 4) is 22.8 Å². The second-order valence-electron chi connectivity index (χ2n) is 5.94. The molecular formula is C21H16F3NO3. The predicted molar refractivity (Wildman–Crippen MR) is 97.4 cm³/mol. The molecular weight excluding hydrogens is 371 g/mol. The number of nitrogens with zero attached hydrogens (tertiary/aromatic N) is 1. The Kier molecular flexibility index (Phi) is 5.93. The summed E-state index contributed by atoms with van der Waals surface area (Å²) >= 11 is 0. The van der Waals surface area contributed by atoms with Crippen molar-refractivity contribution in [2.75, 3.05) is 6.61 Å². The normalized spacial score (nSPS) is 11.1. The topological polar surface area (TPSA) is 48.4 Å². The molecule has 0 aliphatic heterocycles. The lowest BCUT2D eigenvalue weighted by Gasteiger charge is -2.14.